The molecule has 0 bridgehead atoms. The van der Waals surface area contributed by atoms with Gasteiger partial charge in [0, 0.05) is 9.91 Å². The summed E-state index contributed by atoms with van der Waals surface area (Å²) in [6.07, 6.45) is 6.87. The Kier molecular flexibility index (Phi) is 6.78. The van der Waals surface area contributed by atoms with E-state index < -0.39 is 29.7 Å². The lowest BCUT2D eigenvalue weighted by Crippen LogP contribution is -2.35. The van der Waals surface area contributed by atoms with Gasteiger partial charge < -0.3 is 15.2 Å². The van der Waals surface area contributed by atoms with Crippen LogP contribution < -0.4 is 5.32 Å². The number of nitrogens with one attached hydrogen (secondary N) is 1. The molecule has 1 aromatic rings. The van der Waals surface area contributed by atoms with Crippen LogP contribution in [0, 0.1) is 11.8 Å². The van der Waals surface area contributed by atoms with Crippen molar-refractivity contribution < 1.29 is 24.2 Å². The van der Waals surface area contributed by atoms with E-state index in [1.807, 2.05) is 0 Å². The Hall–Kier alpha value is -1.86. The molecular formula is C20H24ClNO5S. The van der Waals surface area contributed by atoms with Crippen LogP contribution in [0.3, 0.4) is 0 Å². The second kappa shape index (κ2) is 9.09. The number of esters is 1. The summed E-state index contributed by atoms with van der Waals surface area (Å²) in [6.45, 7) is 2.00. The number of hydrogen-bond acceptors (Lipinski definition) is 5. The third-order valence-corrected chi connectivity index (χ3v) is 6.80. The SMILES string of the molecule is CCOC(=O)c1c(NC(=O)[C@@H]2CC(Cl)=CC[C@@H]2C(=O)O)sc2c1CCCCC2. The van der Waals surface area contributed by atoms with Gasteiger partial charge in [-0.2, -0.15) is 0 Å². The van der Waals surface area contributed by atoms with E-state index in [0.717, 1.165) is 42.5 Å². The van der Waals surface area contributed by atoms with Crippen molar-refractivity contribution in [2.45, 2.75) is 51.9 Å². The number of hydrogen-bond donors (Lipinski definition) is 2. The van der Waals surface area contributed by atoms with Crippen LogP contribution in [0.15, 0.2) is 11.1 Å². The normalized spacial score (nSPS) is 21.9. The molecule has 3 rings (SSSR count). The highest BCUT2D eigenvalue weighted by molar-refractivity contribution is 7.17. The van der Waals surface area contributed by atoms with Crippen molar-refractivity contribution in [2.24, 2.45) is 11.8 Å². The van der Waals surface area contributed by atoms with E-state index in [-0.39, 0.29) is 19.4 Å². The molecule has 28 heavy (non-hydrogen) atoms. The lowest BCUT2D eigenvalue weighted by Gasteiger charge is -2.25. The van der Waals surface area contributed by atoms with Gasteiger partial charge >= 0.3 is 11.9 Å². The summed E-state index contributed by atoms with van der Waals surface area (Å²) in [7, 11) is 0. The molecule has 2 aliphatic carbocycles. The van der Waals surface area contributed by atoms with Gasteiger partial charge in [0.25, 0.3) is 0 Å². The topological polar surface area (TPSA) is 92.7 Å². The average molecular weight is 426 g/mol. The molecule has 0 radical (unpaired) electrons. The molecule has 0 saturated carbocycles. The number of aliphatic carboxylic acids is 1. The van der Waals surface area contributed by atoms with Crippen LogP contribution in [0.2, 0.25) is 0 Å². The van der Waals surface area contributed by atoms with Gasteiger partial charge in [-0.3, -0.25) is 9.59 Å². The van der Waals surface area contributed by atoms with Crippen molar-refractivity contribution in [3.63, 3.8) is 0 Å². The van der Waals surface area contributed by atoms with Gasteiger partial charge in [0.2, 0.25) is 5.91 Å². The van der Waals surface area contributed by atoms with E-state index in [1.165, 1.54) is 11.3 Å². The molecule has 0 spiro atoms. The average Bonchev–Trinajstić information content (AvgIpc) is 2.82. The molecule has 0 saturated heterocycles. The maximum atomic E-state index is 12.9. The van der Waals surface area contributed by atoms with Crippen molar-refractivity contribution in [1.29, 1.82) is 0 Å². The summed E-state index contributed by atoms with van der Waals surface area (Å²) in [6, 6.07) is 0. The third kappa shape index (κ3) is 4.41. The maximum Gasteiger partial charge on any atom is 0.341 e. The fraction of sp³-hybridized carbons (Fsp3) is 0.550. The number of aryl methyl sites for hydroxylation is 1. The van der Waals surface area contributed by atoms with Crippen LogP contribution in [0.1, 0.15) is 59.8 Å². The Morgan fingerprint density at radius 3 is 2.71 bits per heavy atom. The predicted octanol–water partition coefficient (Wildman–Crippen LogP) is 4.37. The number of ether oxygens (including phenoxy) is 1. The monoisotopic (exact) mass is 425 g/mol. The maximum absolute atomic E-state index is 12.9. The molecule has 2 atom stereocenters. The van der Waals surface area contributed by atoms with E-state index in [0.29, 0.717) is 15.6 Å². The summed E-state index contributed by atoms with van der Waals surface area (Å²) in [5.74, 6) is -3.47. The minimum Gasteiger partial charge on any atom is -0.481 e. The summed E-state index contributed by atoms with van der Waals surface area (Å²) in [5, 5.41) is 13.2. The van der Waals surface area contributed by atoms with E-state index in [2.05, 4.69) is 5.32 Å². The zero-order chi connectivity index (χ0) is 20.3. The van der Waals surface area contributed by atoms with E-state index in [9.17, 15) is 19.5 Å². The first-order chi connectivity index (χ1) is 13.4. The molecule has 8 heteroatoms. The van der Waals surface area contributed by atoms with Crippen LogP contribution in [0.25, 0.3) is 0 Å². The minimum absolute atomic E-state index is 0.185. The lowest BCUT2D eigenvalue weighted by atomic mass is 9.82. The van der Waals surface area contributed by atoms with Gasteiger partial charge in [-0.05, 0) is 51.0 Å². The van der Waals surface area contributed by atoms with Gasteiger partial charge in [0.1, 0.15) is 5.00 Å². The number of carbonyl (C=O) groups is 3. The number of carboxylic acid groups (broad SMARTS) is 1. The Labute approximate surface area is 172 Å². The zero-order valence-corrected chi connectivity index (χ0v) is 17.3. The lowest BCUT2D eigenvalue weighted by molar-refractivity contribution is -0.146. The number of carboxylic acids is 1. The molecular weight excluding hydrogens is 402 g/mol. The minimum atomic E-state index is -1.02. The van der Waals surface area contributed by atoms with Gasteiger partial charge in [-0.15, -0.1) is 11.3 Å². The van der Waals surface area contributed by atoms with Crippen molar-refractivity contribution >= 4 is 45.8 Å². The Morgan fingerprint density at radius 2 is 2.00 bits per heavy atom. The fourth-order valence-electron chi connectivity index (χ4n) is 3.86. The number of thiophene rings is 1. The highest BCUT2D eigenvalue weighted by Gasteiger charge is 2.37. The first-order valence-corrected chi connectivity index (χ1v) is 10.8. The summed E-state index contributed by atoms with van der Waals surface area (Å²) in [5.41, 5.74) is 1.40. The molecule has 2 aliphatic rings. The molecule has 1 heterocycles. The van der Waals surface area contributed by atoms with Gasteiger partial charge in [-0.25, -0.2) is 4.79 Å². The first-order valence-electron chi connectivity index (χ1n) is 9.62. The van der Waals surface area contributed by atoms with Crippen molar-refractivity contribution in [3.05, 3.63) is 27.1 Å². The Morgan fingerprint density at radius 1 is 1.25 bits per heavy atom. The van der Waals surface area contributed by atoms with Crippen LogP contribution in [-0.2, 0) is 27.2 Å². The van der Waals surface area contributed by atoms with Crippen LogP contribution >= 0.6 is 22.9 Å². The zero-order valence-electron chi connectivity index (χ0n) is 15.8. The smallest absolute Gasteiger partial charge is 0.341 e. The summed E-state index contributed by atoms with van der Waals surface area (Å²) >= 11 is 7.47. The molecule has 152 valence electrons. The molecule has 0 unspecified atom stereocenters. The molecule has 0 fully saturated rings. The largest absolute Gasteiger partial charge is 0.481 e. The van der Waals surface area contributed by atoms with Gasteiger partial charge in [0.05, 0.1) is 24.0 Å². The number of allylic oxidation sites excluding steroid dienone is 2. The second-order valence-corrected chi connectivity index (χ2v) is 8.71. The highest BCUT2D eigenvalue weighted by Crippen LogP contribution is 2.39. The standard InChI is InChI=1S/C20H24ClNO5S/c1-2-27-20(26)16-13-6-4-3-5-7-15(13)28-18(16)22-17(23)14-10-11(21)8-9-12(14)19(24)25/h8,12,14H,2-7,9-10H2,1H3,(H,22,23)(H,24,25)/t12-,14+/m0/s1. The molecule has 2 N–H and O–H groups in total. The third-order valence-electron chi connectivity index (χ3n) is 5.29. The number of rotatable bonds is 5. The number of anilines is 1. The number of amides is 1. The second-order valence-electron chi connectivity index (χ2n) is 7.12. The van der Waals surface area contributed by atoms with Gasteiger partial charge in [-0.1, -0.05) is 24.1 Å². The molecule has 1 amide bonds. The number of fused-ring (bicyclic) bond motifs is 1. The highest BCUT2D eigenvalue weighted by atomic mass is 35.5. The molecule has 6 nitrogen and oxygen atoms in total. The predicted molar refractivity (Wildman–Crippen MR) is 108 cm³/mol. The van der Waals surface area contributed by atoms with E-state index in [4.69, 9.17) is 16.3 Å². The fourth-order valence-corrected chi connectivity index (χ4v) is 5.39. The summed E-state index contributed by atoms with van der Waals surface area (Å²) in [4.78, 5) is 38.2. The van der Waals surface area contributed by atoms with Crippen LogP contribution in [0.4, 0.5) is 5.00 Å². The van der Waals surface area contributed by atoms with E-state index in [1.54, 1.807) is 13.0 Å². The van der Waals surface area contributed by atoms with Crippen LogP contribution in [-0.4, -0.2) is 29.6 Å². The van der Waals surface area contributed by atoms with Crippen molar-refractivity contribution in [1.82, 2.24) is 0 Å². The van der Waals surface area contributed by atoms with E-state index >= 15 is 0 Å². The summed E-state index contributed by atoms with van der Waals surface area (Å²) < 4.78 is 5.23. The Bertz CT molecular complexity index is 816. The van der Waals surface area contributed by atoms with Crippen molar-refractivity contribution in [3.8, 4) is 0 Å². The molecule has 1 aromatic heterocycles. The van der Waals surface area contributed by atoms with Crippen LogP contribution in [0.5, 0.6) is 0 Å². The quantitative estimate of drug-likeness (QED) is 0.539. The number of carbonyl (C=O) groups excluding carboxylic acids is 2. The van der Waals surface area contributed by atoms with Crippen molar-refractivity contribution in [2.75, 3.05) is 11.9 Å². The first kappa shape index (κ1) is 20.9. The Balaban J connectivity index is 1.90. The number of halogens is 1. The van der Waals surface area contributed by atoms with Gasteiger partial charge in [0.15, 0.2) is 0 Å². The molecule has 0 aromatic carbocycles. The molecule has 0 aliphatic heterocycles.